The summed E-state index contributed by atoms with van der Waals surface area (Å²) in [7, 11) is 0. The van der Waals surface area contributed by atoms with Crippen LogP contribution in [0.4, 0.5) is 0 Å². The molecular weight excluding hydrogens is 392 g/mol. The molecule has 2 rings (SSSR count). The van der Waals surface area contributed by atoms with Gasteiger partial charge in [-0.05, 0) is 54.3 Å². The van der Waals surface area contributed by atoms with Gasteiger partial charge in [-0.15, -0.1) is 0 Å². The number of rotatable bonds is 7. The Morgan fingerprint density at radius 1 is 1.04 bits per heavy atom. The molecule has 0 radical (unpaired) electrons. The van der Waals surface area contributed by atoms with Crippen LogP contribution >= 0.6 is 15.9 Å². The first-order valence-electron chi connectivity index (χ1n) is 9.06. The van der Waals surface area contributed by atoms with Crippen LogP contribution in [-0.4, -0.2) is 12.6 Å². The summed E-state index contributed by atoms with van der Waals surface area (Å²) in [5.74, 6) is 0.998. The Morgan fingerprint density at radius 2 is 1.73 bits per heavy atom. The predicted octanol–water partition coefficient (Wildman–Crippen LogP) is 6.53. The highest BCUT2D eigenvalue weighted by atomic mass is 79.9. The van der Waals surface area contributed by atoms with Gasteiger partial charge < -0.3 is 9.47 Å². The zero-order chi connectivity index (χ0) is 19.2. The average molecular weight is 419 g/mol. The van der Waals surface area contributed by atoms with Crippen molar-refractivity contribution in [3.05, 3.63) is 58.1 Å². The first kappa shape index (κ1) is 20.5. The molecule has 0 N–H and O–H groups in total. The number of carbonyl (C=O) groups excluding carboxylic acids is 1. The molecule has 0 aromatic heterocycles. The van der Waals surface area contributed by atoms with Crippen molar-refractivity contribution < 1.29 is 14.3 Å². The Labute approximate surface area is 164 Å². The summed E-state index contributed by atoms with van der Waals surface area (Å²) in [6.45, 7) is 9.15. The maximum Gasteiger partial charge on any atom is 0.343 e. The van der Waals surface area contributed by atoms with Crippen LogP contribution in [0, 0.1) is 0 Å². The Bertz CT molecular complexity index is 730. The third-order valence-corrected chi connectivity index (χ3v) is 4.55. The number of halogens is 1. The van der Waals surface area contributed by atoms with Crippen LogP contribution in [0.1, 0.15) is 62.9 Å². The molecule has 0 spiro atoms. The van der Waals surface area contributed by atoms with Gasteiger partial charge in [0.05, 0.1) is 12.2 Å². The lowest BCUT2D eigenvalue weighted by molar-refractivity contribution is 0.0732. The lowest BCUT2D eigenvalue weighted by atomic mass is 9.86. The Morgan fingerprint density at radius 3 is 2.35 bits per heavy atom. The van der Waals surface area contributed by atoms with Crippen molar-refractivity contribution in [3.63, 3.8) is 0 Å². The molecule has 0 saturated heterocycles. The smallest absolute Gasteiger partial charge is 0.343 e. The van der Waals surface area contributed by atoms with Gasteiger partial charge in [0, 0.05) is 10.0 Å². The zero-order valence-electron chi connectivity index (χ0n) is 16.0. The van der Waals surface area contributed by atoms with Gasteiger partial charge in [0.15, 0.2) is 0 Å². The molecule has 0 heterocycles. The number of esters is 1. The molecule has 3 nitrogen and oxygen atoms in total. The molecule has 0 aliphatic carbocycles. The van der Waals surface area contributed by atoms with Crippen LogP contribution in [-0.2, 0) is 5.41 Å². The summed E-state index contributed by atoms with van der Waals surface area (Å²) in [6.07, 6.45) is 3.37. The van der Waals surface area contributed by atoms with E-state index in [2.05, 4.69) is 43.6 Å². The topological polar surface area (TPSA) is 35.5 Å². The van der Waals surface area contributed by atoms with E-state index in [1.165, 1.54) is 6.42 Å². The largest absolute Gasteiger partial charge is 0.494 e. The van der Waals surface area contributed by atoms with E-state index in [-0.39, 0.29) is 11.4 Å². The van der Waals surface area contributed by atoms with Crippen LogP contribution < -0.4 is 9.47 Å². The Kier molecular flexibility index (Phi) is 7.27. The van der Waals surface area contributed by atoms with Gasteiger partial charge in [-0.2, -0.15) is 0 Å². The molecule has 26 heavy (non-hydrogen) atoms. The van der Waals surface area contributed by atoms with Crippen molar-refractivity contribution >= 4 is 21.9 Å². The van der Waals surface area contributed by atoms with E-state index >= 15 is 0 Å². The number of carbonyl (C=O) groups is 1. The number of hydrogen-bond acceptors (Lipinski definition) is 3. The number of unbranched alkanes of at least 4 members (excludes halogenated alkanes) is 2. The number of benzene rings is 2. The first-order valence-corrected chi connectivity index (χ1v) is 9.85. The molecule has 0 bridgehead atoms. The second-order valence-corrected chi connectivity index (χ2v) is 8.28. The standard InChI is InChI=1S/C22H27BrO3/c1-5-6-7-14-25-18-11-8-16(9-12-18)21(24)26-20-13-10-17(23)15-19(20)22(2,3)4/h8-13,15H,5-7,14H2,1-4H3. The first-order chi connectivity index (χ1) is 12.3. The van der Waals surface area contributed by atoms with Crippen molar-refractivity contribution in [3.8, 4) is 11.5 Å². The van der Waals surface area contributed by atoms with E-state index in [4.69, 9.17) is 9.47 Å². The third-order valence-electron chi connectivity index (χ3n) is 4.06. The molecule has 0 saturated carbocycles. The van der Waals surface area contributed by atoms with Gasteiger partial charge in [0.2, 0.25) is 0 Å². The minimum atomic E-state index is -0.365. The summed E-state index contributed by atoms with van der Waals surface area (Å²) >= 11 is 3.48. The van der Waals surface area contributed by atoms with E-state index in [0.717, 1.165) is 28.6 Å². The van der Waals surface area contributed by atoms with Crippen molar-refractivity contribution in [1.29, 1.82) is 0 Å². The summed E-state index contributed by atoms with van der Waals surface area (Å²) < 4.78 is 12.3. The van der Waals surface area contributed by atoms with Crippen molar-refractivity contribution in [2.24, 2.45) is 0 Å². The molecule has 0 atom stereocenters. The highest BCUT2D eigenvalue weighted by Gasteiger charge is 2.21. The summed E-state index contributed by atoms with van der Waals surface area (Å²) in [5.41, 5.74) is 1.36. The number of ether oxygens (including phenoxy) is 2. The van der Waals surface area contributed by atoms with E-state index in [1.54, 1.807) is 12.1 Å². The monoisotopic (exact) mass is 418 g/mol. The minimum Gasteiger partial charge on any atom is -0.494 e. The highest BCUT2D eigenvalue weighted by Crippen LogP contribution is 2.34. The fourth-order valence-electron chi connectivity index (χ4n) is 2.57. The summed E-state index contributed by atoms with van der Waals surface area (Å²) in [6, 6.07) is 12.8. The van der Waals surface area contributed by atoms with Gasteiger partial charge in [0.1, 0.15) is 11.5 Å². The molecule has 2 aromatic rings. The average Bonchev–Trinajstić information content (AvgIpc) is 2.60. The van der Waals surface area contributed by atoms with Gasteiger partial charge in [0.25, 0.3) is 0 Å². The van der Waals surface area contributed by atoms with E-state index < -0.39 is 0 Å². The van der Waals surface area contributed by atoms with Gasteiger partial charge >= 0.3 is 5.97 Å². The molecule has 0 fully saturated rings. The van der Waals surface area contributed by atoms with Crippen LogP contribution in [0.2, 0.25) is 0 Å². The molecule has 0 aliphatic heterocycles. The van der Waals surface area contributed by atoms with Crippen LogP contribution in [0.3, 0.4) is 0 Å². The lowest BCUT2D eigenvalue weighted by Crippen LogP contribution is -2.16. The second-order valence-electron chi connectivity index (χ2n) is 7.36. The van der Waals surface area contributed by atoms with Crippen molar-refractivity contribution in [1.82, 2.24) is 0 Å². The normalized spacial score (nSPS) is 11.3. The third kappa shape index (κ3) is 5.87. The Balaban J connectivity index is 2.06. The van der Waals surface area contributed by atoms with Crippen LogP contribution in [0.25, 0.3) is 0 Å². The zero-order valence-corrected chi connectivity index (χ0v) is 17.6. The van der Waals surface area contributed by atoms with Crippen LogP contribution in [0.15, 0.2) is 46.9 Å². The fourth-order valence-corrected chi connectivity index (χ4v) is 2.93. The summed E-state index contributed by atoms with van der Waals surface area (Å²) in [4.78, 5) is 12.5. The molecular formula is C22H27BrO3. The molecule has 0 amide bonds. The molecule has 0 aliphatic rings. The summed E-state index contributed by atoms with van der Waals surface area (Å²) in [5, 5.41) is 0. The van der Waals surface area contributed by atoms with E-state index in [9.17, 15) is 4.79 Å². The van der Waals surface area contributed by atoms with Gasteiger partial charge in [-0.25, -0.2) is 4.79 Å². The van der Waals surface area contributed by atoms with Crippen LogP contribution in [0.5, 0.6) is 11.5 Å². The lowest BCUT2D eigenvalue weighted by Gasteiger charge is -2.22. The Hall–Kier alpha value is -1.81. The van der Waals surface area contributed by atoms with E-state index in [0.29, 0.717) is 17.9 Å². The van der Waals surface area contributed by atoms with Crippen molar-refractivity contribution in [2.45, 2.75) is 52.4 Å². The maximum atomic E-state index is 12.5. The van der Waals surface area contributed by atoms with E-state index in [1.807, 2.05) is 30.3 Å². The van der Waals surface area contributed by atoms with Crippen molar-refractivity contribution in [2.75, 3.05) is 6.61 Å². The van der Waals surface area contributed by atoms with Gasteiger partial charge in [-0.1, -0.05) is 56.5 Å². The molecule has 0 unspecified atom stereocenters. The molecule has 2 aromatic carbocycles. The quantitative estimate of drug-likeness (QED) is 0.291. The fraction of sp³-hybridized carbons (Fsp3) is 0.409. The minimum absolute atomic E-state index is 0.129. The maximum absolute atomic E-state index is 12.5. The second kappa shape index (κ2) is 9.22. The van der Waals surface area contributed by atoms with Gasteiger partial charge in [-0.3, -0.25) is 0 Å². The SMILES string of the molecule is CCCCCOc1ccc(C(=O)Oc2ccc(Br)cc2C(C)(C)C)cc1. The highest BCUT2D eigenvalue weighted by molar-refractivity contribution is 9.10. The molecule has 4 heteroatoms. The predicted molar refractivity (Wildman–Crippen MR) is 109 cm³/mol. The molecule has 140 valence electrons. The number of hydrogen-bond donors (Lipinski definition) is 0.